The second-order valence-corrected chi connectivity index (χ2v) is 6.91. The molecule has 1 aromatic rings. The van der Waals surface area contributed by atoms with E-state index in [4.69, 9.17) is 4.74 Å². The molecule has 0 unspecified atom stereocenters. The zero-order valence-electron chi connectivity index (χ0n) is 13.6. The minimum atomic E-state index is -0.438. The SMILES string of the molecule is CC(C)(C)OC(=O)N1CC=C(c2cccc3c2CCN3)CC1. The summed E-state index contributed by atoms with van der Waals surface area (Å²) in [6, 6.07) is 6.44. The van der Waals surface area contributed by atoms with Crippen LogP contribution in [0.3, 0.4) is 0 Å². The highest BCUT2D eigenvalue weighted by Gasteiger charge is 2.25. The van der Waals surface area contributed by atoms with Crippen LogP contribution in [0.2, 0.25) is 0 Å². The number of fused-ring (bicyclic) bond motifs is 1. The van der Waals surface area contributed by atoms with Crippen LogP contribution >= 0.6 is 0 Å². The summed E-state index contributed by atoms with van der Waals surface area (Å²) in [7, 11) is 0. The Morgan fingerprint density at radius 3 is 2.77 bits per heavy atom. The van der Waals surface area contributed by atoms with Crippen LogP contribution in [0.25, 0.3) is 5.57 Å². The molecule has 1 N–H and O–H groups in total. The highest BCUT2D eigenvalue weighted by Crippen LogP contribution is 2.33. The standard InChI is InChI=1S/C18H24N2O2/c1-18(2,3)22-17(21)20-11-8-13(9-12-20)14-5-4-6-16-15(14)7-10-19-16/h4-6,8,19H,7,9-12H2,1-3H3. The van der Waals surface area contributed by atoms with Crippen molar-refractivity contribution in [3.05, 3.63) is 35.4 Å². The van der Waals surface area contributed by atoms with E-state index in [2.05, 4.69) is 29.6 Å². The van der Waals surface area contributed by atoms with Gasteiger partial charge in [-0.05, 0) is 56.4 Å². The molecular formula is C18H24N2O2. The third kappa shape index (κ3) is 3.11. The lowest BCUT2D eigenvalue weighted by atomic mass is 9.94. The average molecular weight is 300 g/mol. The van der Waals surface area contributed by atoms with Crippen molar-refractivity contribution in [2.24, 2.45) is 0 Å². The number of rotatable bonds is 1. The monoisotopic (exact) mass is 300 g/mol. The third-order valence-electron chi connectivity index (χ3n) is 4.07. The highest BCUT2D eigenvalue weighted by atomic mass is 16.6. The molecular weight excluding hydrogens is 276 g/mol. The minimum Gasteiger partial charge on any atom is -0.444 e. The predicted molar refractivity (Wildman–Crippen MR) is 89.0 cm³/mol. The van der Waals surface area contributed by atoms with Gasteiger partial charge in [-0.15, -0.1) is 0 Å². The van der Waals surface area contributed by atoms with E-state index in [1.165, 1.54) is 22.4 Å². The van der Waals surface area contributed by atoms with Crippen molar-refractivity contribution in [3.63, 3.8) is 0 Å². The van der Waals surface area contributed by atoms with E-state index < -0.39 is 5.60 Å². The van der Waals surface area contributed by atoms with Gasteiger partial charge in [-0.25, -0.2) is 4.79 Å². The van der Waals surface area contributed by atoms with E-state index in [9.17, 15) is 4.79 Å². The molecule has 1 amide bonds. The van der Waals surface area contributed by atoms with Gasteiger partial charge >= 0.3 is 6.09 Å². The van der Waals surface area contributed by atoms with Crippen molar-refractivity contribution in [1.82, 2.24) is 4.90 Å². The lowest BCUT2D eigenvalue weighted by Gasteiger charge is -2.30. The van der Waals surface area contributed by atoms with Crippen LogP contribution in [0.4, 0.5) is 10.5 Å². The van der Waals surface area contributed by atoms with E-state index in [0.717, 1.165) is 25.9 Å². The summed E-state index contributed by atoms with van der Waals surface area (Å²) in [6.07, 6.45) is 3.91. The Morgan fingerprint density at radius 2 is 2.09 bits per heavy atom. The Kier molecular flexibility index (Phi) is 3.85. The van der Waals surface area contributed by atoms with Crippen molar-refractivity contribution in [2.45, 2.75) is 39.2 Å². The maximum Gasteiger partial charge on any atom is 0.410 e. The fourth-order valence-electron chi connectivity index (χ4n) is 3.05. The van der Waals surface area contributed by atoms with Crippen LogP contribution in [0.5, 0.6) is 0 Å². The molecule has 2 aliphatic rings. The van der Waals surface area contributed by atoms with Crippen LogP contribution in [0, 0.1) is 0 Å². The number of carbonyl (C=O) groups is 1. The van der Waals surface area contributed by atoms with Crippen LogP contribution in [0.1, 0.15) is 38.3 Å². The first-order valence-electron chi connectivity index (χ1n) is 7.97. The van der Waals surface area contributed by atoms with E-state index in [-0.39, 0.29) is 6.09 Å². The van der Waals surface area contributed by atoms with Crippen LogP contribution < -0.4 is 5.32 Å². The lowest BCUT2D eigenvalue weighted by molar-refractivity contribution is 0.0270. The summed E-state index contributed by atoms with van der Waals surface area (Å²) in [4.78, 5) is 13.9. The molecule has 0 atom stereocenters. The molecule has 22 heavy (non-hydrogen) atoms. The number of anilines is 1. The van der Waals surface area contributed by atoms with Gasteiger partial charge in [0, 0.05) is 25.3 Å². The zero-order valence-corrected chi connectivity index (χ0v) is 13.6. The Hall–Kier alpha value is -1.97. The molecule has 3 rings (SSSR count). The zero-order chi connectivity index (χ0) is 15.7. The summed E-state index contributed by atoms with van der Waals surface area (Å²) < 4.78 is 5.44. The average Bonchev–Trinajstić information content (AvgIpc) is 2.94. The van der Waals surface area contributed by atoms with E-state index in [0.29, 0.717) is 6.54 Å². The molecule has 0 bridgehead atoms. The first kappa shape index (κ1) is 14.9. The number of ether oxygens (including phenoxy) is 1. The Labute approximate surface area is 132 Å². The number of hydrogen-bond donors (Lipinski definition) is 1. The van der Waals surface area contributed by atoms with Gasteiger partial charge < -0.3 is 15.0 Å². The highest BCUT2D eigenvalue weighted by molar-refractivity contribution is 5.77. The molecule has 4 heteroatoms. The number of amides is 1. The first-order valence-corrected chi connectivity index (χ1v) is 7.97. The maximum atomic E-state index is 12.1. The van der Waals surface area contributed by atoms with Gasteiger partial charge in [0.15, 0.2) is 0 Å². The molecule has 0 aliphatic carbocycles. The minimum absolute atomic E-state index is 0.220. The van der Waals surface area contributed by atoms with Crippen molar-refractivity contribution >= 4 is 17.4 Å². The fourth-order valence-corrected chi connectivity index (χ4v) is 3.05. The molecule has 0 saturated heterocycles. The summed E-state index contributed by atoms with van der Waals surface area (Å²) in [5, 5.41) is 3.42. The fraction of sp³-hybridized carbons (Fsp3) is 0.500. The third-order valence-corrected chi connectivity index (χ3v) is 4.07. The van der Waals surface area contributed by atoms with Crippen molar-refractivity contribution in [2.75, 3.05) is 25.0 Å². The summed E-state index contributed by atoms with van der Waals surface area (Å²) >= 11 is 0. The van der Waals surface area contributed by atoms with Gasteiger partial charge in [0.2, 0.25) is 0 Å². The van der Waals surface area contributed by atoms with Crippen LogP contribution in [0.15, 0.2) is 24.3 Å². The molecule has 1 aromatic carbocycles. The summed E-state index contributed by atoms with van der Waals surface area (Å²) in [5.74, 6) is 0. The first-order chi connectivity index (χ1) is 10.4. The molecule has 2 heterocycles. The Bertz CT molecular complexity index is 614. The Morgan fingerprint density at radius 1 is 1.27 bits per heavy atom. The van der Waals surface area contributed by atoms with Gasteiger partial charge in [0.05, 0.1) is 0 Å². The Balaban J connectivity index is 1.72. The quantitative estimate of drug-likeness (QED) is 0.860. The van der Waals surface area contributed by atoms with E-state index in [1.54, 1.807) is 4.90 Å². The second-order valence-electron chi connectivity index (χ2n) is 6.91. The van der Waals surface area contributed by atoms with Crippen molar-refractivity contribution in [3.8, 4) is 0 Å². The summed E-state index contributed by atoms with van der Waals surface area (Å²) in [6.45, 7) is 8.06. The second kappa shape index (κ2) is 5.67. The van der Waals surface area contributed by atoms with Gasteiger partial charge in [0.25, 0.3) is 0 Å². The number of nitrogens with zero attached hydrogens (tertiary/aromatic N) is 1. The number of nitrogens with one attached hydrogen (secondary N) is 1. The summed E-state index contributed by atoms with van der Waals surface area (Å²) in [5.41, 5.74) is 4.92. The number of benzene rings is 1. The molecule has 118 valence electrons. The molecule has 2 aliphatic heterocycles. The smallest absolute Gasteiger partial charge is 0.410 e. The number of carbonyl (C=O) groups excluding carboxylic acids is 1. The largest absolute Gasteiger partial charge is 0.444 e. The molecule has 0 spiro atoms. The van der Waals surface area contributed by atoms with E-state index in [1.807, 2.05) is 20.8 Å². The maximum absolute atomic E-state index is 12.1. The van der Waals surface area contributed by atoms with Crippen LogP contribution in [-0.2, 0) is 11.2 Å². The van der Waals surface area contributed by atoms with Crippen LogP contribution in [-0.4, -0.2) is 36.2 Å². The topological polar surface area (TPSA) is 41.6 Å². The predicted octanol–water partition coefficient (Wildman–Crippen LogP) is 3.68. The lowest BCUT2D eigenvalue weighted by Crippen LogP contribution is -2.39. The van der Waals surface area contributed by atoms with Crippen molar-refractivity contribution < 1.29 is 9.53 Å². The molecule has 0 aromatic heterocycles. The molecule has 0 radical (unpaired) electrons. The van der Waals surface area contributed by atoms with Crippen molar-refractivity contribution in [1.29, 1.82) is 0 Å². The van der Waals surface area contributed by atoms with Gasteiger partial charge in [0.1, 0.15) is 5.60 Å². The van der Waals surface area contributed by atoms with Gasteiger partial charge in [-0.2, -0.15) is 0 Å². The molecule has 0 fully saturated rings. The molecule has 4 nitrogen and oxygen atoms in total. The normalized spacial score (nSPS) is 17.6. The van der Waals surface area contributed by atoms with Gasteiger partial charge in [-0.3, -0.25) is 0 Å². The van der Waals surface area contributed by atoms with Gasteiger partial charge in [-0.1, -0.05) is 18.2 Å². The number of hydrogen-bond acceptors (Lipinski definition) is 3. The molecule has 0 saturated carbocycles. The van der Waals surface area contributed by atoms with E-state index >= 15 is 0 Å².